The normalized spacial score (nSPS) is 18.8. The number of nitrogens with zero attached hydrogens (tertiary/aromatic N) is 1. The molecule has 1 unspecified atom stereocenters. The Balaban J connectivity index is 1.88. The maximum atomic E-state index is 5.44. The van der Waals surface area contributed by atoms with Crippen LogP contribution in [0.25, 0.3) is 10.8 Å². The molecule has 3 nitrogen and oxygen atoms in total. The lowest BCUT2D eigenvalue weighted by molar-refractivity contribution is 0.464. The van der Waals surface area contributed by atoms with Crippen molar-refractivity contribution < 1.29 is 4.42 Å². The summed E-state index contributed by atoms with van der Waals surface area (Å²) in [5.41, 5.74) is 1.27. The van der Waals surface area contributed by atoms with Crippen molar-refractivity contribution in [3.63, 3.8) is 0 Å². The van der Waals surface area contributed by atoms with Crippen molar-refractivity contribution in [3.8, 4) is 10.8 Å². The molecule has 0 saturated heterocycles. The minimum atomic E-state index is 0.495. The highest BCUT2D eigenvalue weighted by atomic mass is 32.1. The van der Waals surface area contributed by atoms with Gasteiger partial charge in [0.1, 0.15) is 0 Å². The summed E-state index contributed by atoms with van der Waals surface area (Å²) in [6.07, 6.45) is 6.46. The fourth-order valence-electron chi connectivity index (χ4n) is 2.44. The van der Waals surface area contributed by atoms with Crippen LogP contribution in [0.3, 0.4) is 0 Å². The SMILES string of the molecule is CCCNC1CCCc2nc(-c3ccco3)sc21. The largest absolute Gasteiger partial charge is 0.462 e. The first-order valence-electron chi connectivity index (χ1n) is 6.65. The van der Waals surface area contributed by atoms with E-state index >= 15 is 0 Å². The zero-order chi connectivity index (χ0) is 12.4. The molecule has 0 bridgehead atoms. The molecule has 0 spiro atoms. The van der Waals surface area contributed by atoms with Crippen molar-refractivity contribution in [1.82, 2.24) is 10.3 Å². The maximum absolute atomic E-state index is 5.44. The second kappa shape index (κ2) is 5.24. The highest BCUT2D eigenvalue weighted by Gasteiger charge is 2.24. The number of nitrogens with one attached hydrogen (secondary N) is 1. The Labute approximate surface area is 111 Å². The topological polar surface area (TPSA) is 38.1 Å². The van der Waals surface area contributed by atoms with Gasteiger partial charge in [-0.1, -0.05) is 6.92 Å². The first-order valence-corrected chi connectivity index (χ1v) is 7.47. The summed E-state index contributed by atoms with van der Waals surface area (Å²) in [7, 11) is 0. The molecule has 18 heavy (non-hydrogen) atoms. The molecule has 96 valence electrons. The molecule has 4 heteroatoms. The number of aromatic nitrogens is 1. The van der Waals surface area contributed by atoms with Gasteiger partial charge in [-0.3, -0.25) is 0 Å². The number of hydrogen-bond acceptors (Lipinski definition) is 4. The van der Waals surface area contributed by atoms with Crippen molar-refractivity contribution >= 4 is 11.3 Å². The Kier molecular flexibility index (Phi) is 3.48. The van der Waals surface area contributed by atoms with Crippen molar-refractivity contribution in [1.29, 1.82) is 0 Å². The number of rotatable bonds is 4. The van der Waals surface area contributed by atoms with E-state index in [9.17, 15) is 0 Å². The van der Waals surface area contributed by atoms with Crippen molar-refractivity contribution in [2.45, 2.75) is 38.6 Å². The Morgan fingerprint density at radius 3 is 3.28 bits per heavy atom. The van der Waals surface area contributed by atoms with Gasteiger partial charge in [0.2, 0.25) is 0 Å². The number of hydrogen-bond donors (Lipinski definition) is 1. The molecule has 1 atom stereocenters. The van der Waals surface area contributed by atoms with Crippen molar-refractivity contribution in [2.24, 2.45) is 0 Å². The van der Waals surface area contributed by atoms with Gasteiger partial charge in [0.15, 0.2) is 10.8 Å². The summed E-state index contributed by atoms with van der Waals surface area (Å²) in [5, 5.41) is 4.65. The van der Waals surface area contributed by atoms with Crippen LogP contribution in [0.1, 0.15) is 42.8 Å². The Morgan fingerprint density at radius 1 is 1.56 bits per heavy atom. The second-order valence-corrected chi connectivity index (χ2v) is 5.74. The minimum absolute atomic E-state index is 0.495. The Hall–Kier alpha value is -1.13. The van der Waals surface area contributed by atoms with Gasteiger partial charge in [-0.2, -0.15) is 0 Å². The Bertz CT molecular complexity index is 504. The van der Waals surface area contributed by atoms with E-state index in [2.05, 4.69) is 12.2 Å². The quantitative estimate of drug-likeness (QED) is 0.911. The predicted molar refractivity (Wildman–Crippen MR) is 73.8 cm³/mol. The van der Waals surface area contributed by atoms with Crippen LogP contribution in [0.15, 0.2) is 22.8 Å². The summed E-state index contributed by atoms with van der Waals surface area (Å²) in [4.78, 5) is 6.15. The fourth-order valence-corrected chi connectivity index (χ4v) is 3.63. The molecule has 0 aliphatic heterocycles. The lowest BCUT2D eigenvalue weighted by Crippen LogP contribution is -2.24. The average Bonchev–Trinajstić information content (AvgIpc) is 3.03. The zero-order valence-corrected chi connectivity index (χ0v) is 11.4. The van der Waals surface area contributed by atoms with Crippen LogP contribution in [0.2, 0.25) is 0 Å². The van der Waals surface area contributed by atoms with Gasteiger partial charge < -0.3 is 9.73 Å². The first kappa shape index (κ1) is 11.9. The van der Waals surface area contributed by atoms with E-state index in [0.717, 1.165) is 23.7 Å². The molecule has 2 aromatic heterocycles. The van der Waals surface area contributed by atoms with E-state index in [0.29, 0.717) is 6.04 Å². The number of thiazole rings is 1. The third kappa shape index (κ3) is 2.22. The van der Waals surface area contributed by atoms with Gasteiger partial charge in [0.05, 0.1) is 12.0 Å². The van der Waals surface area contributed by atoms with Crippen LogP contribution in [-0.2, 0) is 6.42 Å². The van der Waals surface area contributed by atoms with Crippen LogP contribution in [0.5, 0.6) is 0 Å². The molecule has 2 heterocycles. The van der Waals surface area contributed by atoms with Gasteiger partial charge in [-0.05, 0) is 44.4 Å². The standard InChI is InChI=1S/C14H18N2OS/c1-2-8-15-10-5-3-6-11-13(10)18-14(16-11)12-7-4-9-17-12/h4,7,9-10,15H,2-3,5-6,8H2,1H3. The first-order chi connectivity index (χ1) is 8.88. The predicted octanol–water partition coefficient (Wildman–Crippen LogP) is 3.78. The van der Waals surface area contributed by atoms with E-state index in [-0.39, 0.29) is 0 Å². The van der Waals surface area contributed by atoms with Gasteiger partial charge in [-0.15, -0.1) is 11.3 Å². The molecule has 0 amide bonds. The van der Waals surface area contributed by atoms with Gasteiger partial charge >= 0.3 is 0 Å². The molecule has 3 rings (SSSR count). The van der Waals surface area contributed by atoms with Crippen LogP contribution < -0.4 is 5.32 Å². The van der Waals surface area contributed by atoms with E-state index in [4.69, 9.17) is 9.40 Å². The van der Waals surface area contributed by atoms with E-state index in [1.54, 1.807) is 17.6 Å². The highest BCUT2D eigenvalue weighted by molar-refractivity contribution is 7.15. The maximum Gasteiger partial charge on any atom is 0.162 e. The summed E-state index contributed by atoms with van der Waals surface area (Å²) in [5.74, 6) is 0.892. The van der Waals surface area contributed by atoms with Crippen LogP contribution in [0, 0.1) is 0 Å². The highest BCUT2D eigenvalue weighted by Crippen LogP contribution is 2.37. The van der Waals surface area contributed by atoms with Gasteiger partial charge in [0, 0.05) is 10.9 Å². The Morgan fingerprint density at radius 2 is 2.50 bits per heavy atom. The van der Waals surface area contributed by atoms with E-state index in [1.165, 1.54) is 29.8 Å². The number of aryl methyl sites for hydroxylation is 1. The van der Waals surface area contributed by atoms with Gasteiger partial charge in [-0.25, -0.2) is 4.98 Å². The molecule has 0 saturated carbocycles. The van der Waals surface area contributed by atoms with Crippen LogP contribution >= 0.6 is 11.3 Å². The summed E-state index contributed by atoms with van der Waals surface area (Å²) in [6, 6.07) is 4.40. The summed E-state index contributed by atoms with van der Waals surface area (Å²) in [6.45, 7) is 3.29. The summed E-state index contributed by atoms with van der Waals surface area (Å²) >= 11 is 1.78. The van der Waals surface area contributed by atoms with Crippen LogP contribution in [0.4, 0.5) is 0 Å². The number of fused-ring (bicyclic) bond motifs is 1. The lowest BCUT2D eigenvalue weighted by Gasteiger charge is -2.22. The average molecular weight is 262 g/mol. The zero-order valence-electron chi connectivity index (χ0n) is 10.6. The molecule has 0 aromatic carbocycles. The molecule has 2 aromatic rings. The molecule has 0 fully saturated rings. The monoisotopic (exact) mass is 262 g/mol. The van der Waals surface area contributed by atoms with Crippen molar-refractivity contribution in [3.05, 3.63) is 29.0 Å². The van der Waals surface area contributed by atoms with Crippen molar-refractivity contribution in [2.75, 3.05) is 6.54 Å². The third-order valence-electron chi connectivity index (χ3n) is 3.32. The minimum Gasteiger partial charge on any atom is -0.462 e. The molecular formula is C14H18N2OS. The number of furan rings is 1. The molecule has 0 radical (unpaired) electrons. The van der Waals surface area contributed by atoms with Gasteiger partial charge in [0.25, 0.3) is 0 Å². The van der Waals surface area contributed by atoms with E-state index in [1.807, 2.05) is 12.1 Å². The van der Waals surface area contributed by atoms with E-state index < -0.39 is 0 Å². The molecule has 1 aliphatic carbocycles. The molecule has 1 N–H and O–H groups in total. The summed E-state index contributed by atoms with van der Waals surface area (Å²) < 4.78 is 5.44. The third-order valence-corrected chi connectivity index (χ3v) is 4.55. The molecular weight excluding hydrogens is 244 g/mol. The smallest absolute Gasteiger partial charge is 0.162 e. The fraction of sp³-hybridized carbons (Fsp3) is 0.500. The molecule has 1 aliphatic rings. The van der Waals surface area contributed by atoms with Crippen LogP contribution in [-0.4, -0.2) is 11.5 Å². The second-order valence-electron chi connectivity index (χ2n) is 4.71. The lowest BCUT2D eigenvalue weighted by atomic mass is 9.98.